The van der Waals surface area contributed by atoms with Gasteiger partial charge in [-0.1, -0.05) is 36.4 Å². The molecule has 0 aromatic heterocycles. The maximum Gasteiger partial charge on any atom is 0.185 e. The number of ketones is 1. The van der Waals surface area contributed by atoms with E-state index in [1.54, 1.807) is 31.4 Å². The molecule has 0 radical (unpaired) electrons. The van der Waals surface area contributed by atoms with Gasteiger partial charge in [-0.25, -0.2) is 0 Å². The Bertz CT molecular complexity index is 738. The summed E-state index contributed by atoms with van der Waals surface area (Å²) in [5.41, 5.74) is 2.26. The van der Waals surface area contributed by atoms with E-state index < -0.39 is 5.97 Å². The van der Waals surface area contributed by atoms with Gasteiger partial charge < -0.3 is 14.6 Å². The van der Waals surface area contributed by atoms with Crippen molar-refractivity contribution in [2.24, 2.45) is 0 Å². The molecule has 2 rings (SSSR count). The summed E-state index contributed by atoms with van der Waals surface area (Å²) < 4.78 is 5.26. The minimum absolute atomic E-state index is 0.102. The quantitative estimate of drug-likeness (QED) is 0.545. The van der Waals surface area contributed by atoms with Crippen LogP contribution >= 0.6 is 11.8 Å². The summed E-state index contributed by atoms with van der Waals surface area (Å²) in [5.74, 6) is -0.273. The van der Waals surface area contributed by atoms with Gasteiger partial charge in [0.25, 0.3) is 0 Å². The number of rotatable bonds is 8. The van der Waals surface area contributed by atoms with Crippen molar-refractivity contribution in [1.29, 1.82) is 0 Å². The number of carbonyl (C=O) groups is 2. The number of methoxy groups -OCH3 is 1. The maximum atomic E-state index is 12.3. The molecule has 2 aromatic carbocycles. The second kappa shape index (κ2) is 8.93. The molecular weight excluding hydrogens is 324 g/mol. The Morgan fingerprint density at radius 3 is 2.58 bits per heavy atom. The highest BCUT2D eigenvalue weighted by molar-refractivity contribution is 7.99. The molecule has 5 heteroatoms. The number of carboxylic acid groups (broad SMARTS) is 1. The second-order valence-electron chi connectivity index (χ2n) is 5.00. The number of carbonyl (C=O) groups excluding carboxylic acids is 2. The van der Waals surface area contributed by atoms with Crippen molar-refractivity contribution >= 4 is 29.6 Å². The molecule has 0 aliphatic heterocycles. The van der Waals surface area contributed by atoms with Gasteiger partial charge >= 0.3 is 0 Å². The first kappa shape index (κ1) is 17.8. The van der Waals surface area contributed by atoms with Crippen molar-refractivity contribution in [3.63, 3.8) is 0 Å². The van der Waals surface area contributed by atoms with E-state index in [1.807, 2.05) is 30.3 Å². The first-order valence-electron chi connectivity index (χ1n) is 7.32. The Morgan fingerprint density at radius 1 is 1.17 bits per heavy atom. The Labute approximate surface area is 145 Å². The van der Waals surface area contributed by atoms with Crippen molar-refractivity contribution in [1.82, 2.24) is 0 Å². The summed E-state index contributed by atoms with van der Waals surface area (Å²) in [5, 5.41) is 10.5. The van der Waals surface area contributed by atoms with E-state index >= 15 is 0 Å². The van der Waals surface area contributed by atoms with Gasteiger partial charge in [0, 0.05) is 22.6 Å². The lowest BCUT2D eigenvalue weighted by atomic mass is 10.1. The van der Waals surface area contributed by atoms with E-state index in [1.165, 1.54) is 17.8 Å². The normalized spacial score (nSPS) is 10.7. The molecule has 2 aromatic rings. The average Bonchev–Trinajstić information content (AvgIpc) is 2.60. The minimum Gasteiger partial charge on any atom is -0.549 e. The molecule has 0 amide bonds. The number of ether oxygens (including phenoxy) is 1. The van der Waals surface area contributed by atoms with Gasteiger partial charge in [-0.15, -0.1) is 0 Å². The average molecular weight is 341 g/mol. The third-order valence-electron chi connectivity index (χ3n) is 3.27. The van der Waals surface area contributed by atoms with Crippen LogP contribution in [0.25, 0.3) is 6.08 Å². The van der Waals surface area contributed by atoms with Gasteiger partial charge in [0.15, 0.2) is 5.78 Å². The molecule has 0 spiro atoms. The molecule has 0 atom stereocenters. The van der Waals surface area contributed by atoms with Crippen molar-refractivity contribution in [2.45, 2.75) is 5.75 Å². The molecule has 4 nitrogen and oxygen atoms in total. The standard InChI is InChI=1S/C19H18O4S/c1-23-18-10-8-15(11-16(18)12-24-13-19(21)22)17(20)9-7-14-5-3-2-4-6-14/h2-11H,12-13H2,1H3,(H,21,22)/p-1/b9-7+. The summed E-state index contributed by atoms with van der Waals surface area (Å²) >= 11 is 1.20. The second-order valence-corrected chi connectivity index (χ2v) is 5.99. The molecule has 0 N–H and O–H groups in total. The number of hydrogen-bond acceptors (Lipinski definition) is 5. The van der Waals surface area contributed by atoms with Crippen LogP contribution in [0.15, 0.2) is 54.6 Å². The third-order valence-corrected chi connectivity index (χ3v) is 4.22. The van der Waals surface area contributed by atoms with Gasteiger partial charge in [-0.2, -0.15) is 11.8 Å². The fourth-order valence-corrected chi connectivity index (χ4v) is 2.84. The molecule has 24 heavy (non-hydrogen) atoms. The SMILES string of the molecule is COc1ccc(C(=O)/C=C/c2ccccc2)cc1CSCC(=O)[O-]. The molecule has 0 aliphatic rings. The van der Waals surface area contributed by atoms with Gasteiger partial charge in [0.05, 0.1) is 13.1 Å². The largest absolute Gasteiger partial charge is 0.549 e. The van der Waals surface area contributed by atoms with Crippen LogP contribution in [0, 0.1) is 0 Å². The van der Waals surface area contributed by atoms with Gasteiger partial charge in [0.2, 0.25) is 0 Å². The minimum atomic E-state index is -1.11. The summed E-state index contributed by atoms with van der Waals surface area (Å²) in [6.07, 6.45) is 3.28. The molecule has 0 heterocycles. The van der Waals surface area contributed by atoms with Crippen LogP contribution in [0.1, 0.15) is 21.5 Å². The fourth-order valence-electron chi connectivity index (χ4n) is 2.12. The Morgan fingerprint density at radius 2 is 1.92 bits per heavy atom. The lowest BCUT2D eigenvalue weighted by molar-refractivity contribution is -0.301. The molecule has 124 valence electrons. The number of allylic oxidation sites excluding steroid dienone is 1. The Kier molecular flexibility index (Phi) is 6.63. The zero-order chi connectivity index (χ0) is 17.4. The van der Waals surface area contributed by atoms with E-state index in [9.17, 15) is 14.7 Å². The van der Waals surface area contributed by atoms with Crippen LogP contribution in [0.3, 0.4) is 0 Å². The predicted molar refractivity (Wildman–Crippen MR) is 94.0 cm³/mol. The van der Waals surface area contributed by atoms with Crippen molar-refractivity contribution in [2.75, 3.05) is 12.9 Å². The number of hydrogen-bond donors (Lipinski definition) is 0. The summed E-state index contributed by atoms with van der Waals surface area (Å²) in [7, 11) is 1.54. The first-order valence-corrected chi connectivity index (χ1v) is 8.47. The van der Waals surface area contributed by atoms with E-state index in [-0.39, 0.29) is 11.5 Å². The first-order chi connectivity index (χ1) is 11.6. The van der Waals surface area contributed by atoms with Crippen LogP contribution in [0.4, 0.5) is 0 Å². The number of benzene rings is 2. The zero-order valence-electron chi connectivity index (χ0n) is 13.2. The number of thioether (sulfide) groups is 1. The van der Waals surface area contributed by atoms with Crippen LogP contribution < -0.4 is 9.84 Å². The summed E-state index contributed by atoms with van der Waals surface area (Å²) in [6.45, 7) is 0. The molecule has 0 saturated carbocycles. The third kappa shape index (κ3) is 5.28. The van der Waals surface area contributed by atoms with Gasteiger partial charge in [0.1, 0.15) is 5.75 Å². The summed E-state index contributed by atoms with van der Waals surface area (Å²) in [4.78, 5) is 22.8. The van der Waals surface area contributed by atoms with E-state index in [0.29, 0.717) is 17.1 Å². The van der Waals surface area contributed by atoms with Crippen LogP contribution in [-0.4, -0.2) is 24.6 Å². The van der Waals surface area contributed by atoms with Crippen LogP contribution in [0.5, 0.6) is 5.75 Å². The highest BCUT2D eigenvalue weighted by atomic mass is 32.2. The highest BCUT2D eigenvalue weighted by Crippen LogP contribution is 2.25. The molecule has 0 fully saturated rings. The zero-order valence-corrected chi connectivity index (χ0v) is 14.0. The molecule has 0 bridgehead atoms. The molecule has 0 saturated heterocycles. The van der Waals surface area contributed by atoms with E-state index in [2.05, 4.69) is 0 Å². The van der Waals surface area contributed by atoms with Gasteiger partial charge in [-0.05, 0) is 29.8 Å². The topological polar surface area (TPSA) is 66.4 Å². The predicted octanol–water partition coefficient (Wildman–Crippen LogP) is 2.57. The Hall–Kier alpha value is -2.53. The van der Waals surface area contributed by atoms with Crippen molar-refractivity contribution in [3.8, 4) is 5.75 Å². The molecule has 0 aliphatic carbocycles. The number of carboxylic acids is 1. The van der Waals surface area contributed by atoms with Gasteiger partial charge in [-0.3, -0.25) is 4.79 Å². The fraction of sp³-hybridized carbons (Fsp3) is 0.158. The molecular formula is C19H17O4S-. The van der Waals surface area contributed by atoms with E-state index in [4.69, 9.17) is 4.74 Å². The monoisotopic (exact) mass is 341 g/mol. The summed E-state index contributed by atoms with van der Waals surface area (Å²) in [6, 6.07) is 14.7. The van der Waals surface area contributed by atoms with Crippen LogP contribution in [-0.2, 0) is 10.5 Å². The van der Waals surface area contributed by atoms with Crippen molar-refractivity contribution in [3.05, 3.63) is 71.3 Å². The lowest BCUT2D eigenvalue weighted by Crippen LogP contribution is -2.24. The van der Waals surface area contributed by atoms with Crippen LogP contribution in [0.2, 0.25) is 0 Å². The van der Waals surface area contributed by atoms with Crippen molar-refractivity contribution < 1.29 is 19.4 Å². The number of aliphatic carboxylic acids is 1. The highest BCUT2D eigenvalue weighted by Gasteiger charge is 2.08. The van der Waals surface area contributed by atoms with E-state index in [0.717, 1.165) is 11.1 Å². The molecule has 0 unspecified atom stereocenters. The smallest absolute Gasteiger partial charge is 0.185 e. The maximum absolute atomic E-state index is 12.3. The lowest BCUT2D eigenvalue weighted by Gasteiger charge is -2.10. The Balaban J connectivity index is 2.13.